The van der Waals surface area contributed by atoms with Gasteiger partial charge in [-0.3, -0.25) is 0 Å². The summed E-state index contributed by atoms with van der Waals surface area (Å²) in [6.45, 7) is 2.19. The molecule has 0 aliphatic heterocycles. The molecule has 1 nitrogen and oxygen atoms in total. The van der Waals surface area contributed by atoms with Gasteiger partial charge in [-0.1, -0.05) is 38.0 Å². The number of aryl methyl sites for hydroxylation is 3. The van der Waals surface area contributed by atoms with Gasteiger partial charge in [-0.2, -0.15) is 5.26 Å². The third-order valence-corrected chi connectivity index (χ3v) is 5.67. The summed E-state index contributed by atoms with van der Waals surface area (Å²) >= 11 is 0. The maximum Gasteiger partial charge on any atom is 0.126 e. The number of nitriles is 1. The summed E-state index contributed by atoms with van der Waals surface area (Å²) in [5.41, 5.74) is 5.42. The molecule has 0 saturated heterocycles. The van der Waals surface area contributed by atoms with Crippen LogP contribution in [0.2, 0.25) is 0 Å². The molecule has 0 heterocycles. The molecule has 0 saturated carbocycles. The number of halogens is 1. The van der Waals surface area contributed by atoms with E-state index in [0.29, 0.717) is 5.92 Å². The van der Waals surface area contributed by atoms with Crippen LogP contribution < -0.4 is 0 Å². The highest BCUT2D eigenvalue weighted by molar-refractivity contribution is 5.39. The molecule has 2 heteroatoms. The number of fused-ring (bicyclic) bond motifs is 1. The summed E-state index contributed by atoms with van der Waals surface area (Å²) in [5, 5.41) is 9.02. The summed E-state index contributed by atoms with van der Waals surface area (Å²) in [6.07, 6.45) is 9.61. The van der Waals surface area contributed by atoms with Crippen molar-refractivity contribution < 1.29 is 4.39 Å². The van der Waals surface area contributed by atoms with Gasteiger partial charge in [0.05, 0.1) is 11.6 Å². The van der Waals surface area contributed by atoms with E-state index in [1.54, 1.807) is 6.07 Å². The molecule has 3 rings (SSSR count). The van der Waals surface area contributed by atoms with Crippen LogP contribution >= 0.6 is 0 Å². The number of benzene rings is 2. The van der Waals surface area contributed by atoms with Crippen LogP contribution in [0.4, 0.5) is 4.39 Å². The van der Waals surface area contributed by atoms with Crippen molar-refractivity contribution in [2.24, 2.45) is 5.92 Å². The van der Waals surface area contributed by atoms with E-state index < -0.39 is 0 Å². The summed E-state index contributed by atoms with van der Waals surface area (Å²) in [7, 11) is 0. The monoisotopic (exact) mass is 349 g/mol. The van der Waals surface area contributed by atoms with Crippen LogP contribution in [-0.2, 0) is 25.7 Å². The lowest BCUT2D eigenvalue weighted by atomic mass is 9.80. The van der Waals surface area contributed by atoms with Crippen molar-refractivity contribution in [2.75, 3.05) is 0 Å². The first-order chi connectivity index (χ1) is 12.7. The Balaban J connectivity index is 1.55. The molecule has 2 aromatic rings. The molecule has 0 bridgehead atoms. The van der Waals surface area contributed by atoms with Crippen molar-refractivity contribution in [3.63, 3.8) is 0 Å². The zero-order valence-electron chi connectivity index (χ0n) is 15.7. The van der Waals surface area contributed by atoms with E-state index >= 15 is 0 Å². The summed E-state index contributed by atoms with van der Waals surface area (Å²) in [6, 6.07) is 14.1. The quantitative estimate of drug-likeness (QED) is 0.549. The van der Waals surface area contributed by atoms with Gasteiger partial charge in [0.2, 0.25) is 0 Å². The largest absolute Gasteiger partial charge is 0.207 e. The topological polar surface area (TPSA) is 23.8 Å². The number of rotatable bonds is 7. The second kappa shape index (κ2) is 8.99. The summed E-state index contributed by atoms with van der Waals surface area (Å²) in [4.78, 5) is 0. The average Bonchev–Trinajstić information content (AvgIpc) is 2.67. The molecule has 26 heavy (non-hydrogen) atoms. The Morgan fingerprint density at radius 2 is 1.96 bits per heavy atom. The Hall–Kier alpha value is -2.14. The third kappa shape index (κ3) is 4.73. The minimum Gasteiger partial charge on any atom is -0.207 e. The predicted molar refractivity (Wildman–Crippen MR) is 105 cm³/mol. The number of hydrogen-bond donors (Lipinski definition) is 0. The van der Waals surface area contributed by atoms with E-state index in [1.807, 2.05) is 18.2 Å². The van der Waals surface area contributed by atoms with Crippen LogP contribution in [0.15, 0.2) is 36.4 Å². The molecule has 1 aliphatic carbocycles. The first-order valence-corrected chi connectivity index (χ1v) is 9.98. The molecule has 0 spiro atoms. The molecule has 1 unspecified atom stereocenters. The maximum absolute atomic E-state index is 14.4. The van der Waals surface area contributed by atoms with Gasteiger partial charge in [0.15, 0.2) is 0 Å². The molecule has 0 N–H and O–H groups in total. The summed E-state index contributed by atoms with van der Waals surface area (Å²) < 4.78 is 14.4. The molecule has 136 valence electrons. The van der Waals surface area contributed by atoms with Crippen molar-refractivity contribution in [2.45, 2.75) is 64.7 Å². The normalized spacial score (nSPS) is 16.1. The van der Waals surface area contributed by atoms with Crippen molar-refractivity contribution in [3.8, 4) is 6.07 Å². The predicted octanol–water partition coefficient (Wildman–Crippen LogP) is 6.17. The smallest absolute Gasteiger partial charge is 0.126 e. The lowest BCUT2D eigenvalue weighted by molar-refractivity contribution is 0.424. The van der Waals surface area contributed by atoms with E-state index in [0.717, 1.165) is 61.6 Å². The van der Waals surface area contributed by atoms with Crippen LogP contribution in [-0.4, -0.2) is 0 Å². The van der Waals surface area contributed by atoms with Gasteiger partial charge in [-0.15, -0.1) is 0 Å². The Labute approximate surface area is 156 Å². The van der Waals surface area contributed by atoms with Gasteiger partial charge in [0, 0.05) is 0 Å². The summed E-state index contributed by atoms with van der Waals surface area (Å²) in [5.74, 6) is 0.577. The Kier molecular flexibility index (Phi) is 6.45. The van der Waals surface area contributed by atoms with E-state index in [4.69, 9.17) is 5.26 Å². The minimum absolute atomic E-state index is 0.0335. The van der Waals surface area contributed by atoms with Crippen LogP contribution in [0.5, 0.6) is 0 Å². The molecule has 2 aromatic carbocycles. The second-order valence-corrected chi connectivity index (χ2v) is 7.63. The molecule has 1 aliphatic rings. The zero-order chi connectivity index (χ0) is 18.4. The van der Waals surface area contributed by atoms with E-state index in [1.165, 1.54) is 24.0 Å². The lowest BCUT2D eigenvalue weighted by Gasteiger charge is -2.25. The van der Waals surface area contributed by atoms with Crippen LogP contribution in [0, 0.1) is 23.1 Å². The molecule has 0 radical (unpaired) electrons. The molecule has 1 atom stereocenters. The van der Waals surface area contributed by atoms with E-state index in [-0.39, 0.29) is 5.82 Å². The average molecular weight is 349 g/mol. The number of nitrogens with zero attached hydrogens (tertiary/aromatic N) is 1. The van der Waals surface area contributed by atoms with Crippen molar-refractivity contribution in [1.29, 1.82) is 5.26 Å². The van der Waals surface area contributed by atoms with Crippen LogP contribution in [0.25, 0.3) is 0 Å². The van der Waals surface area contributed by atoms with E-state index in [2.05, 4.69) is 25.1 Å². The van der Waals surface area contributed by atoms with Gasteiger partial charge in [-0.05, 0) is 91.3 Å². The van der Waals surface area contributed by atoms with Gasteiger partial charge in [0.25, 0.3) is 0 Å². The third-order valence-electron chi connectivity index (χ3n) is 5.67. The van der Waals surface area contributed by atoms with Crippen molar-refractivity contribution in [3.05, 3.63) is 70.0 Å². The van der Waals surface area contributed by atoms with Crippen molar-refractivity contribution >= 4 is 0 Å². The van der Waals surface area contributed by atoms with Gasteiger partial charge >= 0.3 is 0 Å². The fraction of sp³-hybridized carbons (Fsp3) is 0.458. The molecule has 0 aromatic heterocycles. The first-order valence-electron chi connectivity index (χ1n) is 9.98. The van der Waals surface area contributed by atoms with Gasteiger partial charge in [-0.25, -0.2) is 4.39 Å². The lowest BCUT2D eigenvalue weighted by Crippen LogP contribution is -2.15. The maximum atomic E-state index is 14.4. The minimum atomic E-state index is -0.0335. The number of unbranched alkanes of at least 4 members (excludes halogenated alkanes) is 2. The van der Waals surface area contributed by atoms with Crippen LogP contribution in [0.3, 0.4) is 0 Å². The van der Waals surface area contributed by atoms with Crippen molar-refractivity contribution in [1.82, 2.24) is 0 Å². The SMILES string of the molecule is CCCCCc1ccc(CCC2CCc3cc(C#N)ccc3C2)c(F)c1. The zero-order valence-corrected chi connectivity index (χ0v) is 15.7. The van der Waals surface area contributed by atoms with Crippen LogP contribution in [0.1, 0.15) is 66.8 Å². The number of hydrogen-bond acceptors (Lipinski definition) is 1. The fourth-order valence-electron chi connectivity index (χ4n) is 4.03. The highest BCUT2D eigenvalue weighted by Gasteiger charge is 2.19. The fourth-order valence-corrected chi connectivity index (χ4v) is 4.03. The standard InChI is InChI=1S/C24H28FN/c1-2-3-4-5-18-6-10-21(24(25)16-18)11-7-19-8-12-23-15-20(17-26)9-13-22(23)14-19/h6,9-10,13,15-16,19H,2-5,7-8,11-12,14H2,1H3. The molecular weight excluding hydrogens is 321 g/mol. The molecule has 0 fully saturated rings. The highest BCUT2D eigenvalue weighted by Crippen LogP contribution is 2.29. The van der Waals surface area contributed by atoms with Gasteiger partial charge in [0.1, 0.15) is 5.82 Å². The highest BCUT2D eigenvalue weighted by atomic mass is 19.1. The first kappa shape index (κ1) is 18.6. The second-order valence-electron chi connectivity index (χ2n) is 7.63. The van der Waals surface area contributed by atoms with E-state index in [9.17, 15) is 4.39 Å². The molecular formula is C24H28FN. The Bertz CT molecular complexity index is 787. The Morgan fingerprint density at radius 3 is 2.73 bits per heavy atom. The molecule has 0 amide bonds. The Morgan fingerprint density at radius 1 is 1.08 bits per heavy atom. The van der Waals surface area contributed by atoms with Gasteiger partial charge < -0.3 is 0 Å².